The van der Waals surface area contributed by atoms with Gasteiger partial charge in [-0.15, -0.1) is 0 Å². The summed E-state index contributed by atoms with van der Waals surface area (Å²) in [6, 6.07) is 6.21. The number of anilines is 1. The second-order valence-electron chi connectivity index (χ2n) is 11.5. The van der Waals surface area contributed by atoms with Gasteiger partial charge in [-0.3, -0.25) is 29.0 Å². The van der Waals surface area contributed by atoms with E-state index in [-0.39, 0.29) is 22.8 Å². The Labute approximate surface area is 255 Å². The maximum absolute atomic E-state index is 12.7. The Morgan fingerprint density at radius 3 is 2.73 bits per heavy atom. The number of nitro groups is 1. The molecule has 0 radical (unpaired) electrons. The molecular weight excluding hydrogens is 615 g/mol. The average molecular weight is 650 g/mol. The number of aliphatic hydroxyl groups is 1. The standard InChI is InChI=1S/C26H33N8O10P/c1-26(2,3)21(15-7-5-6-8-16(15)34(37)38)42-14-41-20-19(35)17(11-43-45(39,40)32-10-9-28-12-32)44-24(20)33-13-31(4)18-22(33)29-25(27)30-23(18)36/h5-10,12-13,17,19-21,24,35H,11,14H2,1-4H3,(H3-,27,29,30,36,39,40)/p+1/t17-,19+,20?,21?,24-/m1/s1. The molecule has 45 heavy (non-hydrogen) atoms. The Bertz CT molecular complexity index is 1790. The van der Waals surface area contributed by atoms with E-state index in [9.17, 15) is 29.5 Å². The number of aromatic nitrogens is 6. The number of benzene rings is 1. The molecule has 3 unspecified atom stereocenters. The van der Waals surface area contributed by atoms with E-state index < -0.39 is 67.7 Å². The lowest BCUT2D eigenvalue weighted by Gasteiger charge is -2.31. The van der Waals surface area contributed by atoms with E-state index in [4.69, 9.17) is 24.5 Å². The quantitative estimate of drug-likeness (QED) is 0.0590. The van der Waals surface area contributed by atoms with Gasteiger partial charge in [-0.25, -0.2) is 18.5 Å². The van der Waals surface area contributed by atoms with Crippen molar-refractivity contribution in [1.29, 1.82) is 0 Å². The van der Waals surface area contributed by atoms with Crippen LogP contribution in [0.4, 0.5) is 11.6 Å². The molecule has 0 amide bonds. The smallest absolute Gasteiger partial charge is 0.387 e. The highest BCUT2D eigenvalue weighted by Crippen LogP contribution is 2.44. The molecule has 0 saturated carbocycles. The topological polar surface area (TPSA) is 236 Å². The van der Waals surface area contributed by atoms with Gasteiger partial charge in [-0.05, 0) is 11.5 Å². The van der Waals surface area contributed by atoms with Gasteiger partial charge in [0, 0.05) is 18.5 Å². The number of nitrogens with zero attached hydrogens (tertiary/aromatic N) is 6. The molecular formula is C26H34N8O10P+. The van der Waals surface area contributed by atoms with Gasteiger partial charge in [0.15, 0.2) is 6.33 Å². The van der Waals surface area contributed by atoms with Gasteiger partial charge in [0.1, 0.15) is 31.4 Å². The number of fused-ring (bicyclic) bond motifs is 1. The first-order chi connectivity index (χ1) is 21.2. The summed E-state index contributed by atoms with van der Waals surface area (Å²) in [7, 11) is -2.78. The molecule has 5 rings (SSSR count). The molecule has 1 aliphatic heterocycles. The molecule has 0 aliphatic carbocycles. The van der Waals surface area contributed by atoms with Gasteiger partial charge in [0.2, 0.25) is 11.7 Å². The van der Waals surface area contributed by atoms with E-state index in [0.717, 1.165) is 10.7 Å². The third-order valence-corrected chi connectivity index (χ3v) is 8.57. The number of para-hydroxylation sites is 1. The van der Waals surface area contributed by atoms with Crippen molar-refractivity contribution >= 4 is 30.5 Å². The van der Waals surface area contributed by atoms with Crippen LogP contribution in [0.2, 0.25) is 0 Å². The lowest BCUT2D eigenvalue weighted by molar-refractivity contribution is -0.746. The zero-order valence-corrected chi connectivity index (χ0v) is 25.7. The Morgan fingerprint density at radius 2 is 2.07 bits per heavy atom. The number of nitrogens with two attached hydrogens (primary N) is 1. The molecule has 0 bridgehead atoms. The SMILES string of the molecule is Cn1c[n+]([C@@H]2O[C@H](COP(=O)(O)n3ccnc3)[C@H](O)C2OCOC(c2ccccc2[N+](=O)[O-])C(C)(C)C)c2nc(N)[nH]c(=O)c21. The van der Waals surface area contributed by atoms with E-state index >= 15 is 0 Å². The van der Waals surface area contributed by atoms with E-state index in [1.165, 1.54) is 33.9 Å². The summed E-state index contributed by atoms with van der Waals surface area (Å²) in [6.07, 6.45) is -0.618. The number of hydrogen-bond donors (Lipinski definition) is 4. The molecule has 1 aliphatic rings. The summed E-state index contributed by atoms with van der Waals surface area (Å²) in [5, 5.41) is 23.1. The van der Waals surface area contributed by atoms with Gasteiger partial charge in [-0.1, -0.05) is 37.9 Å². The number of rotatable bonds is 11. The minimum absolute atomic E-state index is 0.116. The number of nitro benzene ring substituents is 1. The van der Waals surface area contributed by atoms with Crippen LogP contribution in [0.5, 0.6) is 0 Å². The van der Waals surface area contributed by atoms with E-state index in [2.05, 4.69) is 15.0 Å². The fourth-order valence-electron chi connectivity index (χ4n) is 5.22. The highest BCUT2D eigenvalue weighted by molar-refractivity contribution is 7.51. The maximum atomic E-state index is 12.7. The molecule has 4 aromatic rings. The lowest BCUT2D eigenvalue weighted by atomic mass is 9.84. The van der Waals surface area contributed by atoms with Crippen molar-refractivity contribution in [2.24, 2.45) is 12.5 Å². The van der Waals surface area contributed by atoms with Crippen LogP contribution >= 0.6 is 7.75 Å². The van der Waals surface area contributed by atoms with Crippen LogP contribution in [-0.2, 0) is 30.3 Å². The van der Waals surface area contributed by atoms with Crippen molar-refractivity contribution in [2.75, 3.05) is 19.1 Å². The van der Waals surface area contributed by atoms with Crippen molar-refractivity contribution in [3.8, 4) is 0 Å². The average Bonchev–Trinajstić information content (AvgIpc) is 3.68. The second-order valence-corrected chi connectivity index (χ2v) is 13.2. The van der Waals surface area contributed by atoms with Crippen LogP contribution in [0.3, 0.4) is 0 Å². The van der Waals surface area contributed by atoms with E-state index in [1.807, 2.05) is 20.8 Å². The normalized spacial score (nSPS) is 22.4. The van der Waals surface area contributed by atoms with Crippen LogP contribution in [0.15, 0.2) is 54.1 Å². The number of aliphatic hydroxyl groups excluding tert-OH is 1. The van der Waals surface area contributed by atoms with Gasteiger partial charge in [-0.2, -0.15) is 0 Å². The summed E-state index contributed by atoms with van der Waals surface area (Å²) in [4.78, 5) is 44.7. The summed E-state index contributed by atoms with van der Waals surface area (Å²) in [5.41, 5.74) is 5.17. The van der Waals surface area contributed by atoms with Crippen LogP contribution in [0.25, 0.3) is 11.2 Å². The van der Waals surface area contributed by atoms with E-state index in [0.29, 0.717) is 5.56 Å². The lowest BCUT2D eigenvalue weighted by Crippen LogP contribution is -2.47. The van der Waals surface area contributed by atoms with Crippen molar-refractivity contribution in [3.63, 3.8) is 0 Å². The molecule has 1 aromatic carbocycles. The van der Waals surface area contributed by atoms with E-state index in [1.54, 1.807) is 25.2 Å². The fraction of sp³-hybridized carbons (Fsp3) is 0.462. The summed E-state index contributed by atoms with van der Waals surface area (Å²) >= 11 is 0. The molecule has 4 heterocycles. The molecule has 3 aromatic heterocycles. The van der Waals surface area contributed by atoms with Crippen molar-refractivity contribution in [3.05, 3.63) is 75.3 Å². The Kier molecular flexibility index (Phi) is 8.92. The molecule has 242 valence electrons. The molecule has 18 nitrogen and oxygen atoms in total. The van der Waals surface area contributed by atoms with Crippen LogP contribution in [0.1, 0.15) is 38.7 Å². The summed E-state index contributed by atoms with van der Waals surface area (Å²) in [5.74, 6) is -0.161. The number of nitrogen functional groups attached to an aromatic ring is 1. The first-order valence-corrected chi connectivity index (χ1v) is 15.2. The molecule has 1 saturated heterocycles. The summed E-state index contributed by atoms with van der Waals surface area (Å²) in [6.45, 7) is 4.58. The number of nitrogens with one attached hydrogen (secondary N) is 1. The zero-order chi connectivity index (χ0) is 32.7. The number of aryl methyl sites for hydroxylation is 1. The van der Waals surface area contributed by atoms with Crippen molar-refractivity contribution < 1.29 is 42.8 Å². The largest absolute Gasteiger partial charge is 0.437 e. The van der Waals surface area contributed by atoms with Gasteiger partial charge in [0.05, 0.1) is 30.2 Å². The third kappa shape index (κ3) is 6.53. The molecule has 0 spiro atoms. The molecule has 1 fully saturated rings. The maximum Gasteiger partial charge on any atom is 0.437 e. The summed E-state index contributed by atoms with van der Waals surface area (Å²) < 4.78 is 40.0. The van der Waals surface area contributed by atoms with Gasteiger partial charge < -0.3 is 29.9 Å². The number of H-pyrrole nitrogens is 1. The molecule has 6 atom stereocenters. The highest BCUT2D eigenvalue weighted by atomic mass is 31.2. The van der Waals surface area contributed by atoms with Crippen LogP contribution in [-0.4, -0.2) is 70.5 Å². The fourth-order valence-corrected chi connectivity index (χ4v) is 6.11. The monoisotopic (exact) mass is 649 g/mol. The predicted octanol–water partition coefficient (Wildman–Crippen LogP) is 1.31. The number of aromatic amines is 1. The first kappa shape index (κ1) is 32.4. The predicted molar refractivity (Wildman–Crippen MR) is 155 cm³/mol. The Balaban J connectivity index is 1.44. The van der Waals surface area contributed by atoms with Gasteiger partial charge in [0.25, 0.3) is 17.2 Å². The first-order valence-electron chi connectivity index (χ1n) is 13.7. The minimum Gasteiger partial charge on any atom is -0.387 e. The van der Waals surface area contributed by atoms with Crippen molar-refractivity contribution in [2.45, 2.75) is 51.4 Å². The number of ether oxygens (including phenoxy) is 3. The van der Waals surface area contributed by atoms with Crippen molar-refractivity contribution in [1.82, 2.24) is 23.9 Å². The molecule has 19 heteroatoms. The number of imidazole rings is 2. The van der Waals surface area contributed by atoms with Crippen LogP contribution in [0, 0.1) is 15.5 Å². The van der Waals surface area contributed by atoms with Crippen LogP contribution < -0.4 is 15.9 Å². The Morgan fingerprint density at radius 1 is 1.33 bits per heavy atom. The molecule has 5 N–H and O–H groups in total. The third-order valence-electron chi connectivity index (χ3n) is 7.26. The minimum atomic E-state index is -4.38. The Hall–Kier alpha value is -4.03. The zero-order valence-electron chi connectivity index (χ0n) is 24.8. The second kappa shape index (κ2) is 12.4. The highest BCUT2D eigenvalue weighted by Gasteiger charge is 2.50. The van der Waals surface area contributed by atoms with Gasteiger partial charge >= 0.3 is 13.4 Å². The number of hydrogen-bond acceptors (Lipinski definition) is 12.